The van der Waals surface area contributed by atoms with Gasteiger partial charge in [-0.25, -0.2) is 0 Å². The van der Waals surface area contributed by atoms with Gasteiger partial charge in [-0.3, -0.25) is 4.79 Å². The molecule has 1 aromatic heterocycles. The summed E-state index contributed by atoms with van der Waals surface area (Å²) in [5.74, 6) is 4.83. The summed E-state index contributed by atoms with van der Waals surface area (Å²) < 4.78 is 35.6. The number of hydrogen-bond donors (Lipinski definition) is 2. The molecular formula is C11H11F3N2OS2. The Morgan fingerprint density at radius 1 is 1.47 bits per heavy atom. The average Bonchev–Trinajstić information content (AvgIpc) is 2.79. The highest BCUT2D eigenvalue weighted by Crippen LogP contribution is 2.29. The predicted molar refractivity (Wildman–Crippen MR) is 71.1 cm³/mol. The van der Waals surface area contributed by atoms with Gasteiger partial charge in [-0.2, -0.15) is 13.2 Å². The molecule has 19 heavy (non-hydrogen) atoms. The van der Waals surface area contributed by atoms with E-state index in [1.165, 1.54) is 11.3 Å². The number of thioether (sulfide) groups is 1. The van der Waals surface area contributed by atoms with Gasteiger partial charge in [0, 0.05) is 12.3 Å². The van der Waals surface area contributed by atoms with Gasteiger partial charge in [0.1, 0.15) is 0 Å². The number of hydrogen-bond acceptors (Lipinski definition) is 4. The average molecular weight is 308 g/mol. The third kappa shape index (κ3) is 6.52. The van der Waals surface area contributed by atoms with E-state index in [1.54, 1.807) is 12.1 Å². The summed E-state index contributed by atoms with van der Waals surface area (Å²) in [5, 5.41) is 2.42. The Bertz CT molecular complexity index is 488. The molecule has 0 saturated carbocycles. The smallest absolute Gasteiger partial charge is 0.351 e. The minimum absolute atomic E-state index is 0.0370. The predicted octanol–water partition coefficient (Wildman–Crippen LogP) is 2.04. The highest BCUT2D eigenvalue weighted by atomic mass is 32.2. The fourth-order valence-corrected chi connectivity index (χ4v) is 2.32. The van der Waals surface area contributed by atoms with Crippen molar-refractivity contribution in [3.8, 4) is 11.8 Å². The number of rotatable bonds is 4. The quantitative estimate of drug-likeness (QED) is 0.661. The van der Waals surface area contributed by atoms with Crippen molar-refractivity contribution in [3.63, 3.8) is 0 Å². The molecule has 0 spiro atoms. The SMILES string of the molecule is NCC#Cc1ccc(C(=O)NCCSC(F)(F)F)s1. The number of alkyl halides is 3. The van der Waals surface area contributed by atoms with Crippen LogP contribution in [-0.2, 0) is 0 Å². The van der Waals surface area contributed by atoms with Gasteiger partial charge in [-0.1, -0.05) is 11.8 Å². The van der Waals surface area contributed by atoms with Gasteiger partial charge < -0.3 is 11.1 Å². The van der Waals surface area contributed by atoms with Gasteiger partial charge in [0.15, 0.2) is 0 Å². The molecule has 3 nitrogen and oxygen atoms in total. The molecule has 0 radical (unpaired) electrons. The van der Waals surface area contributed by atoms with Crippen LogP contribution in [0.5, 0.6) is 0 Å². The number of carbonyl (C=O) groups is 1. The molecule has 1 aromatic rings. The van der Waals surface area contributed by atoms with Crippen LogP contribution >= 0.6 is 23.1 Å². The van der Waals surface area contributed by atoms with Crippen LogP contribution in [0.4, 0.5) is 13.2 Å². The van der Waals surface area contributed by atoms with Gasteiger partial charge in [-0.05, 0) is 23.9 Å². The molecule has 0 atom stereocenters. The molecule has 0 aliphatic rings. The van der Waals surface area contributed by atoms with Gasteiger partial charge in [0.2, 0.25) is 0 Å². The van der Waals surface area contributed by atoms with Crippen LogP contribution < -0.4 is 11.1 Å². The Balaban J connectivity index is 2.39. The van der Waals surface area contributed by atoms with Crippen molar-refractivity contribution in [3.05, 3.63) is 21.9 Å². The second-order valence-electron chi connectivity index (χ2n) is 3.22. The van der Waals surface area contributed by atoms with E-state index in [-0.39, 0.29) is 30.6 Å². The summed E-state index contributed by atoms with van der Waals surface area (Å²) in [7, 11) is 0. The normalized spacial score (nSPS) is 10.7. The number of nitrogens with two attached hydrogens (primary N) is 1. The maximum Gasteiger partial charge on any atom is 0.441 e. The number of amides is 1. The highest BCUT2D eigenvalue weighted by molar-refractivity contribution is 8.00. The van der Waals surface area contributed by atoms with Crippen molar-refractivity contribution >= 4 is 29.0 Å². The molecule has 0 aliphatic carbocycles. The molecule has 0 aliphatic heterocycles. The van der Waals surface area contributed by atoms with Crippen LogP contribution in [0.25, 0.3) is 0 Å². The van der Waals surface area contributed by atoms with E-state index in [1.807, 2.05) is 0 Å². The second-order valence-corrected chi connectivity index (χ2v) is 5.46. The summed E-state index contributed by atoms with van der Waals surface area (Å²) in [6, 6.07) is 3.25. The maximum atomic E-state index is 11.9. The lowest BCUT2D eigenvalue weighted by Crippen LogP contribution is -2.25. The molecule has 104 valence electrons. The molecule has 1 amide bonds. The minimum Gasteiger partial charge on any atom is -0.351 e. The zero-order valence-electron chi connectivity index (χ0n) is 9.71. The zero-order chi connectivity index (χ0) is 14.3. The van der Waals surface area contributed by atoms with E-state index >= 15 is 0 Å². The monoisotopic (exact) mass is 308 g/mol. The van der Waals surface area contributed by atoms with Crippen LogP contribution in [0.15, 0.2) is 12.1 Å². The Kier molecular flexibility index (Phi) is 6.21. The third-order valence-electron chi connectivity index (χ3n) is 1.80. The lowest BCUT2D eigenvalue weighted by atomic mass is 10.4. The molecule has 8 heteroatoms. The van der Waals surface area contributed by atoms with E-state index in [0.29, 0.717) is 9.75 Å². The summed E-state index contributed by atoms with van der Waals surface area (Å²) in [6.07, 6.45) is 0. The summed E-state index contributed by atoms with van der Waals surface area (Å²) in [5.41, 5.74) is 0.951. The zero-order valence-corrected chi connectivity index (χ0v) is 11.3. The number of nitrogens with one attached hydrogen (secondary N) is 1. The fraction of sp³-hybridized carbons (Fsp3) is 0.364. The molecule has 3 N–H and O–H groups in total. The standard InChI is InChI=1S/C11H11F3N2OS2/c12-11(13,14)18-7-6-16-10(17)9-4-3-8(19-9)2-1-5-15/h3-4H,5-7,15H2,(H,16,17). The van der Waals surface area contributed by atoms with Gasteiger partial charge in [0.25, 0.3) is 5.91 Å². The lowest BCUT2D eigenvalue weighted by Gasteiger charge is -2.05. The molecule has 0 unspecified atom stereocenters. The van der Waals surface area contributed by atoms with Crippen LogP contribution in [0.1, 0.15) is 14.5 Å². The van der Waals surface area contributed by atoms with Gasteiger partial charge >= 0.3 is 5.51 Å². The van der Waals surface area contributed by atoms with E-state index in [4.69, 9.17) is 5.73 Å². The first kappa shape index (κ1) is 15.9. The minimum atomic E-state index is -4.27. The summed E-state index contributed by atoms with van der Waals surface area (Å²) in [6.45, 7) is 0.193. The van der Waals surface area contributed by atoms with Crippen molar-refractivity contribution in [2.45, 2.75) is 5.51 Å². The first-order chi connectivity index (χ1) is 8.92. The molecule has 0 fully saturated rings. The lowest BCUT2D eigenvalue weighted by molar-refractivity contribution is -0.0327. The molecule has 1 heterocycles. The van der Waals surface area contributed by atoms with E-state index in [2.05, 4.69) is 17.2 Å². The largest absolute Gasteiger partial charge is 0.441 e. The molecule has 0 saturated heterocycles. The van der Waals surface area contributed by atoms with Crippen LogP contribution in [-0.4, -0.2) is 30.3 Å². The summed E-state index contributed by atoms with van der Waals surface area (Å²) >= 11 is 1.01. The Hall–Kier alpha value is -1.17. The van der Waals surface area contributed by atoms with Crippen LogP contribution in [0.2, 0.25) is 0 Å². The van der Waals surface area contributed by atoms with Gasteiger partial charge in [0.05, 0.1) is 16.3 Å². The highest BCUT2D eigenvalue weighted by Gasteiger charge is 2.27. The first-order valence-electron chi connectivity index (χ1n) is 5.20. The molecular weight excluding hydrogens is 297 g/mol. The maximum absolute atomic E-state index is 11.9. The van der Waals surface area contributed by atoms with Crippen molar-refractivity contribution < 1.29 is 18.0 Å². The fourth-order valence-electron chi connectivity index (χ4n) is 1.08. The summed E-state index contributed by atoms with van der Waals surface area (Å²) in [4.78, 5) is 12.7. The molecule has 1 rings (SSSR count). The number of thiophene rings is 1. The van der Waals surface area contributed by atoms with E-state index in [0.717, 1.165) is 0 Å². The van der Waals surface area contributed by atoms with E-state index in [9.17, 15) is 18.0 Å². The van der Waals surface area contributed by atoms with Crippen molar-refractivity contribution in [1.82, 2.24) is 5.32 Å². The second kappa shape index (κ2) is 7.43. The Morgan fingerprint density at radius 3 is 2.84 bits per heavy atom. The van der Waals surface area contributed by atoms with Crippen molar-refractivity contribution in [1.29, 1.82) is 0 Å². The molecule has 0 aromatic carbocycles. The third-order valence-corrected chi connectivity index (χ3v) is 3.53. The number of carbonyl (C=O) groups excluding carboxylic acids is 1. The Labute approximate surface area is 116 Å². The van der Waals surface area contributed by atoms with Crippen LogP contribution in [0.3, 0.4) is 0 Å². The molecule has 0 bridgehead atoms. The topological polar surface area (TPSA) is 55.1 Å². The van der Waals surface area contributed by atoms with Gasteiger partial charge in [-0.15, -0.1) is 11.3 Å². The first-order valence-corrected chi connectivity index (χ1v) is 7.00. The Morgan fingerprint density at radius 2 is 2.21 bits per heavy atom. The van der Waals surface area contributed by atoms with Crippen LogP contribution in [0, 0.1) is 11.8 Å². The van der Waals surface area contributed by atoms with E-state index < -0.39 is 11.4 Å². The number of halogens is 3. The van der Waals surface area contributed by atoms with Crippen molar-refractivity contribution in [2.24, 2.45) is 5.73 Å². The van der Waals surface area contributed by atoms with Crippen molar-refractivity contribution in [2.75, 3.05) is 18.8 Å².